The third-order valence-electron chi connectivity index (χ3n) is 3.66. The molecule has 2 N–H and O–H groups in total. The number of urea groups is 1. The van der Waals surface area contributed by atoms with E-state index in [1.165, 1.54) is 12.1 Å². The number of aryl methyl sites for hydroxylation is 1. The Morgan fingerprint density at radius 1 is 1.30 bits per heavy atom. The number of carbonyl (C=O) groups is 1. The summed E-state index contributed by atoms with van der Waals surface area (Å²) in [7, 11) is 1.86. The van der Waals surface area contributed by atoms with Gasteiger partial charge in [-0.25, -0.2) is 14.2 Å². The molecule has 1 aromatic carbocycles. The fourth-order valence-electron chi connectivity index (χ4n) is 2.37. The van der Waals surface area contributed by atoms with Gasteiger partial charge in [-0.3, -0.25) is 0 Å². The van der Waals surface area contributed by atoms with E-state index in [0.29, 0.717) is 12.4 Å². The highest BCUT2D eigenvalue weighted by molar-refractivity contribution is 5.74. The van der Waals surface area contributed by atoms with Crippen LogP contribution in [-0.2, 0) is 7.05 Å². The zero-order chi connectivity index (χ0) is 16.7. The number of rotatable bonds is 7. The van der Waals surface area contributed by atoms with Crippen molar-refractivity contribution in [3.8, 4) is 0 Å². The number of aromatic nitrogens is 2. The van der Waals surface area contributed by atoms with Crippen LogP contribution in [-0.4, -0.2) is 22.1 Å². The molecule has 0 aliphatic carbocycles. The quantitative estimate of drug-likeness (QED) is 0.771. The van der Waals surface area contributed by atoms with Crippen molar-refractivity contribution in [3.05, 3.63) is 53.9 Å². The number of unbranched alkanes of at least 4 members (excludes halogenated alkanes) is 2. The first kappa shape index (κ1) is 17.0. The largest absolute Gasteiger partial charge is 0.338 e. The third-order valence-corrected chi connectivity index (χ3v) is 3.66. The Hall–Kier alpha value is -2.37. The molecule has 0 aliphatic heterocycles. The van der Waals surface area contributed by atoms with Crippen LogP contribution < -0.4 is 10.6 Å². The minimum absolute atomic E-state index is 0.251. The Bertz CT molecular complexity index is 624. The number of hydrogen-bond donors (Lipinski definition) is 2. The predicted octanol–water partition coefficient (Wildman–Crippen LogP) is 3.14. The maximum atomic E-state index is 13.2. The molecule has 0 fully saturated rings. The highest BCUT2D eigenvalue weighted by Gasteiger charge is 2.20. The smallest absolute Gasteiger partial charge is 0.315 e. The lowest BCUT2D eigenvalue weighted by atomic mass is 10.1. The van der Waals surface area contributed by atoms with Crippen LogP contribution >= 0.6 is 0 Å². The third kappa shape index (κ3) is 4.81. The van der Waals surface area contributed by atoms with E-state index in [0.717, 1.165) is 24.8 Å². The minimum Gasteiger partial charge on any atom is -0.338 e. The standard InChI is InChI=1S/C17H23FN4O/c1-3-4-5-10-20-17(23)21-15(16-19-11-12-22(16)2)13-6-8-14(18)9-7-13/h6-9,11-12,15H,3-5,10H2,1-2H3,(H2,20,21,23)/t15-/m1/s1. The SMILES string of the molecule is CCCCCNC(=O)N[C@H](c1ccc(F)cc1)c1nccn1C. The summed E-state index contributed by atoms with van der Waals surface area (Å²) in [6, 6.07) is 5.40. The fraction of sp³-hybridized carbons (Fsp3) is 0.412. The first-order chi connectivity index (χ1) is 11.1. The van der Waals surface area contributed by atoms with Crippen molar-refractivity contribution in [2.45, 2.75) is 32.2 Å². The summed E-state index contributed by atoms with van der Waals surface area (Å²) in [5.41, 5.74) is 0.782. The Kier molecular flexibility index (Phi) is 6.14. The average Bonchev–Trinajstić information content (AvgIpc) is 2.96. The zero-order valence-electron chi connectivity index (χ0n) is 13.6. The van der Waals surface area contributed by atoms with Crippen LogP contribution in [0.4, 0.5) is 9.18 Å². The van der Waals surface area contributed by atoms with E-state index >= 15 is 0 Å². The number of halogens is 1. The van der Waals surface area contributed by atoms with Crippen molar-refractivity contribution >= 4 is 6.03 Å². The van der Waals surface area contributed by atoms with E-state index in [1.54, 1.807) is 18.3 Å². The van der Waals surface area contributed by atoms with Gasteiger partial charge in [0.25, 0.3) is 0 Å². The van der Waals surface area contributed by atoms with Crippen molar-refractivity contribution in [2.75, 3.05) is 6.54 Å². The molecule has 1 heterocycles. The highest BCUT2D eigenvalue weighted by atomic mass is 19.1. The van der Waals surface area contributed by atoms with Crippen LogP contribution in [0.25, 0.3) is 0 Å². The maximum absolute atomic E-state index is 13.2. The molecule has 5 nitrogen and oxygen atoms in total. The molecule has 1 atom stereocenters. The molecule has 0 bridgehead atoms. The first-order valence-electron chi connectivity index (χ1n) is 7.89. The molecule has 0 spiro atoms. The second-order valence-corrected chi connectivity index (χ2v) is 5.49. The van der Waals surface area contributed by atoms with Gasteiger partial charge in [0.15, 0.2) is 0 Å². The van der Waals surface area contributed by atoms with Crippen molar-refractivity contribution in [3.63, 3.8) is 0 Å². The van der Waals surface area contributed by atoms with Gasteiger partial charge in [-0.2, -0.15) is 0 Å². The van der Waals surface area contributed by atoms with Crippen LogP contribution in [0.5, 0.6) is 0 Å². The molecular formula is C17H23FN4O. The van der Waals surface area contributed by atoms with Crippen molar-refractivity contribution in [2.24, 2.45) is 7.05 Å². The van der Waals surface area contributed by atoms with E-state index < -0.39 is 6.04 Å². The van der Waals surface area contributed by atoms with Crippen LogP contribution in [0, 0.1) is 5.82 Å². The lowest BCUT2D eigenvalue weighted by Gasteiger charge is -2.19. The van der Waals surface area contributed by atoms with Crippen LogP contribution in [0.2, 0.25) is 0 Å². The number of amides is 2. The van der Waals surface area contributed by atoms with Crippen LogP contribution in [0.1, 0.15) is 43.6 Å². The molecule has 6 heteroatoms. The van der Waals surface area contributed by atoms with Gasteiger partial charge < -0.3 is 15.2 Å². The lowest BCUT2D eigenvalue weighted by Crippen LogP contribution is -2.39. The normalized spacial score (nSPS) is 12.0. The summed E-state index contributed by atoms with van der Waals surface area (Å²) in [4.78, 5) is 16.4. The average molecular weight is 318 g/mol. The second-order valence-electron chi connectivity index (χ2n) is 5.49. The van der Waals surface area contributed by atoms with Gasteiger partial charge in [-0.15, -0.1) is 0 Å². The monoisotopic (exact) mass is 318 g/mol. The summed E-state index contributed by atoms with van der Waals surface area (Å²) >= 11 is 0. The molecule has 124 valence electrons. The first-order valence-corrected chi connectivity index (χ1v) is 7.89. The van der Waals surface area contributed by atoms with Gasteiger partial charge in [0.1, 0.15) is 17.7 Å². The van der Waals surface area contributed by atoms with Gasteiger partial charge in [-0.1, -0.05) is 31.9 Å². The van der Waals surface area contributed by atoms with Gasteiger partial charge in [0, 0.05) is 26.0 Å². The van der Waals surface area contributed by atoms with Crippen LogP contribution in [0.15, 0.2) is 36.7 Å². The molecule has 0 unspecified atom stereocenters. The Balaban J connectivity index is 2.10. The summed E-state index contributed by atoms with van der Waals surface area (Å²) in [6.07, 6.45) is 6.63. The molecule has 0 saturated heterocycles. The molecule has 0 radical (unpaired) electrons. The summed E-state index contributed by atoms with van der Waals surface area (Å²) in [5.74, 6) is 0.386. The van der Waals surface area contributed by atoms with Crippen LogP contribution in [0.3, 0.4) is 0 Å². The molecule has 2 aromatic rings. The molecule has 2 amide bonds. The lowest BCUT2D eigenvalue weighted by molar-refractivity contribution is 0.238. The van der Waals surface area contributed by atoms with E-state index in [4.69, 9.17) is 0 Å². The molecule has 23 heavy (non-hydrogen) atoms. The topological polar surface area (TPSA) is 59.0 Å². The number of imidazole rings is 1. The molecule has 0 aliphatic rings. The van der Waals surface area contributed by atoms with E-state index in [9.17, 15) is 9.18 Å². The summed E-state index contributed by atoms with van der Waals surface area (Å²) in [5, 5.41) is 5.77. The fourth-order valence-corrected chi connectivity index (χ4v) is 2.37. The molecular weight excluding hydrogens is 295 g/mol. The van der Waals surface area contributed by atoms with E-state index in [1.807, 2.05) is 17.8 Å². The van der Waals surface area contributed by atoms with Gasteiger partial charge in [0.2, 0.25) is 0 Å². The number of carbonyl (C=O) groups excluding carboxylic acids is 1. The number of nitrogens with zero attached hydrogens (tertiary/aromatic N) is 2. The van der Waals surface area contributed by atoms with Crippen molar-refractivity contribution in [1.82, 2.24) is 20.2 Å². The minimum atomic E-state index is -0.429. The van der Waals surface area contributed by atoms with Crippen molar-refractivity contribution in [1.29, 1.82) is 0 Å². The number of hydrogen-bond acceptors (Lipinski definition) is 2. The second kappa shape index (κ2) is 8.31. The molecule has 1 aromatic heterocycles. The van der Waals surface area contributed by atoms with Crippen molar-refractivity contribution < 1.29 is 9.18 Å². The predicted molar refractivity (Wildman–Crippen MR) is 87.5 cm³/mol. The van der Waals surface area contributed by atoms with E-state index in [-0.39, 0.29) is 11.8 Å². The zero-order valence-corrected chi connectivity index (χ0v) is 13.6. The van der Waals surface area contributed by atoms with E-state index in [2.05, 4.69) is 22.5 Å². The number of benzene rings is 1. The van der Waals surface area contributed by atoms with Gasteiger partial charge >= 0.3 is 6.03 Å². The Morgan fingerprint density at radius 3 is 2.65 bits per heavy atom. The maximum Gasteiger partial charge on any atom is 0.315 e. The number of nitrogens with one attached hydrogen (secondary N) is 2. The highest BCUT2D eigenvalue weighted by Crippen LogP contribution is 2.20. The summed E-state index contributed by atoms with van der Waals surface area (Å²) in [6.45, 7) is 2.75. The Labute approximate surface area is 135 Å². The molecule has 0 saturated carbocycles. The van der Waals surface area contributed by atoms with Gasteiger partial charge in [-0.05, 0) is 24.1 Å². The van der Waals surface area contributed by atoms with Gasteiger partial charge in [0.05, 0.1) is 0 Å². The summed E-state index contributed by atoms with van der Waals surface area (Å²) < 4.78 is 15.0. The Morgan fingerprint density at radius 2 is 2.04 bits per heavy atom. The molecule has 2 rings (SSSR count).